The third-order valence-electron chi connectivity index (χ3n) is 6.47. The van der Waals surface area contributed by atoms with Crippen LogP contribution < -0.4 is 14.9 Å². The number of benzene rings is 2. The van der Waals surface area contributed by atoms with Crippen molar-refractivity contribution in [3.8, 4) is 11.5 Å². The molecular weight excluding hydrogens is 504 g/mol. The van der Waals surface area contributed by atoms with E-state index < -0.39 is 10.0 Å². The Kier molecular flexibility index (Phi) is 9.25. The van der Waals surface area contributed by atoms with Gasteiger partial charge >= 0.3 is 0 Å². The third-order valence-corrected chi connectivity index (χ3v) is 8.38. The lowest BCUT2D eigenvalue weighted by Gasteiger charge is -2.33. The summed E-state index contributed by atoms with van der Waals surface area (Å²) in [5.41, 5.74) is 3.04. The van der Waals surface area contributed by atoms with E-state index in [4.69, 9.17) is 13.9 Å². The van der Waals surface area contributed by atoms with Gasteiger partial charge in [-0.3, -0.25) is 9.69 Å². The highest BCUT2D eigenvalue weighted by Gasteiger charge is 2.28. The summed E-state index contributed by atoms with van der Waals surface area (Å²) in [4.78, 5) is 14.9. The van der Waals surface area contributed by atoms with Gasteiger partial charge in [0.1, 0.15) is 24.4 Å². The van der Waals surface area contributed by atoms with Crippen LogP contribution >= 0.6 is 0 Å². The van der Waals surface area contributed by atoms with Crippen molar-refractivity contribution < 1.29 is 22.3 Å². The van der Waals surface area contributed by atoms with E-state index in [2.05, 4.69) is 17.9 Å². The molecule has 2 heterocycles. The van der Waals surface area contributed by atoms with E-state index in [1.54, 1.807) is 24.3 Å². The Bertz CT molecular complexity index is 1360. The number of sulfonamides is 1. The molecule has 0 atom stereocenters. The van der Waals surface area contributed by atoms with Crippen LogP contribution in [0.15, 0.2) is 68.9 Å². The molecule has 1 saturated heterocycles. The average molecular weight is 541 g/mol. The standard InChI is InChI=1S/C29H36N2O6S/c1-4-5-14-35-25-6-8-27(9-7-25)38(33,34)31-12-10-30(11-13-31)19-26-18-28(32)29(21-36-26)37-20-24-16-22(2)15-23(3)17-24/h6-9,15-18,21H,4-5,10-14,19-20H2,1-3H3. The highest BCUT2D eigenvalue weighted by Crippen LogP contribution is 2.22. The SMILES string of the molecule is CCCCOc1ccc(S(=O)(=O)N2CCN(Cc3cc(=O)c(OCc4cc(C)cc(C)c4)co3)CC2)cc1. The van der Waals surface area contributed by atoms with Crippen LogP contribution in [0.5, 0.6) is 11.5 Å². The fourth-order valence-electron chi connectivity index (χ4n) is 4.48. The first-order valence-electron chi connectivity index (χ1n) is 13.0. The summed E-state index contributed by atoms with van der Waals surface area (Å²) in [7, 11) is -3.59. The third kappa shape index (κ3) is 7.24. The van der Waals surface area contributed by atoms with Crippen LogP contribution in [0.2, 0.25) is 0 Å². The topological polar surface area (TPSA) is 89.3 Å². The first-order valence-corrected chi connectivity index (χ1v) is 14.5. The molecule has 1 aliphatic heterocycles. The zero-order valence-electron chi connectivity index (χ0n) is 22.3. The summed E-state index contributed by atoms with van der Waals surface area (Å²) in [6.45, 7) is 9.26. The van der Waals surface area contributed by atoms with Crippen molar-refractivity contribution >= 4 is 10.0 Å². The van der Waals surface area contributed by atoms with Gasteiger partial charge in [0.25, 0.3) is 0 Å². The molecular formula is C29H36N2O6S. The van der Waals surface area contributed by atoms with Crippen molar-refractivity contribution in [1.29, 1.82) is 0 Å². The molecule has 9 heteroatoms. The lowest BCUT2D eigenvalue weighted by Crippen LogP contribution is -2.48. The van der Waals surface area contributed by atoms with Crippen LogP contribution in [0.3, 0.4) is 0 Å². The minimum absolute atomic E-state index is 0.172. The van der Waals surface area contributed by atoms with Crippen molar-refractivity contribution in [2.45, 2.75) is 51.7 Å². The van der Waals surface area contributed by atoms with Crippen molar-refractivity contribution in [3.63, 3.8) is 0 Å². The largest absolute Gasteiger partial charge is 0.494 e. The van der Waals surface area contributed by atoms with E-state index in [9.17, 15) is 13.2 Å². The number of piperazine rings is 1. The van der Waals surface area contributed by atoms with Gasteiger partial charge in [-0.2, -0.15) is 4.31 Å². The summed E-state index contributed by atoms with van der Waals surface area (Å²) in [5.74, 6) is 1.36. The van der Waals surface area contributed by atoms with Crippen LogP contribution in [0.4, 0.5) is 0 Å². The smallest absolute Gasteiger partial charge is 0.243 e. The van der Waals surface area contributed by atoms with Crippen molar-refractivity contribution in [2.75, 3.05) is 32.8 Å². The number of unbranched alkanes of at least 4 members (excludes halogenated alkanes) is 1. The summed E-state index contributed by atoms with van der Waals surface area (Å²) < 4.78 is 44.7. The number of aryl methyl sites for hydroxylation is 2. The fourth-order valence-corrected chi connectivity index (χ4v) is 5.90. The van der Waals surface area contributed by atoms with E-state index in [0.717, 1.165) is 29.5 Å². The molecule has 1 aromatic heterocycles. The Morgan fingerprint density at radius 2 is 1.61 bits per heavy atom. The molecule has 0 aliphatic carbocycles. The number of rotatable bonds is 11. The van der Waals surface area contributed by atoms with E-state index in [1.807, 2.05) is 26.0 Å². The normalized spacial score (nSPS) is 14.9. The summed E-state index contributed by atoms with van der Waals surface area (Å²) >= 11 is 0. The van der Waals surface area contributed by atoms with E-state index in [-0.39, 0.29) is 22.7 Å². The van der Waals surface area contributed by atoms with Crippen molar-refractivity contribution in [1.82, 2.24) is 9.21 Å². The van der Waals surface area contributed by atoms with Crippen LogP contribution in [-0.4, -0.2) is 50.4 Å². The highest BCUT2D eigenvalue weighted by atomic mass is 32.2. The van der Waals surface area contributed by atoms with Crippen LogP contribution in [0.25, 0.3) is 0 Å². The predicted molar refractivity (Wildman–Crippen MR) is 146 cm³/mol. The molecule has 0 saturated carbocycles. The molecule has 1 fully saturated rings. The zero-order valence-corrected chi connectivity index (χ0v) is 23.1. The maximum atomic E-state index is 13.1. The molecule has 3 aromatic rings. The zero-order chi connectivity index (χ0) is 27.1. The van der Waals surface area contributed by atoms with Gasteiger partial charge in [-0.15, -0.1) is 0 Å². The minimum Gasteiger partial charge on any atom is -0.494 e. The maximum Gasteiger partial charge on any atom is 0.243 e. The van der Waals surface area contributed by atoms with Gasteiger partial charge in [-0.05, 0) is 50.1 Å². The molecule has 8 nitrogen and oxygen atoms in total. The van der Waals surface area contributed by atoms with Gasteiger partial charge in [0, 0.05) is 32.2 Å². The van der Waals surface area contributed by atoms with Crippen LogP contribution in [0, 0.1) is 13.8 Å². The number of ether oxygens (including phenoxy) is 2. The second kappa shape index (κ2) is 12.6. The molecule has 4 rings (SSSR count). The number of hydrogen-bond donors (Lipinski definition) is 0. The van der Waals surface area contributed by atoms with Gasteiger partial charge in [0.15, 0.2) is 0 Å². The fraction of sp³-hybridized carbons (Fsp3) is 0.414. The molecule has 0 unspecified atom stereocenters. The molecule has 2 aromatic carbocycles. The lowest BCUT2D eigenvalue weighted by molar-refractivity contribution is 0.169. The molecule has 0 radical (unpaired) electrons. The quantitative estimate of drug-likeness (QED) is 0.330. The second-order valence-corrected chi connectivity index (χ2v) is 11.7. The summed E-state index contributed by atoms with van der Waals surface area (Å²) in [6.07, 6.45) is 3.36. The Morgan fingerprint density at radius 1 is 0.921 bits per heavy atom. The number of hydrogen-bond acceptors (Lipinski definition) is 7. The highest BCUT2D eigenvalue weighted by molar-refractivity contribution is 7.89. The van der Waals surface area contributed by atoms with Crippen LogP contribution in [0.1, 0.15) is 42.2 Å². The number of nitrogens with zero attached hydrogens (tertiary/aromatic N) is 2. The Morgan fingerprint density at radius 3 is 2.24 bits per heavy atom. The van der Waals surface area contributed by atoms with Gasteiger partial charge in [0.2, 0.25) is 21.2 Å². The van der Waals surface area contributed by atoms with Gasteiger partial charge < -0.3 is 13.9 Å². The molecule has 1 aliphatic rings. The summed E-state index contributed by atoms with van der Waals surface area (Å²) in [6, 6.07) is 14.2. The van der Waals surface area contributed by atoms with Crippen molar-refractivity contribution in [3.05, 3.63) is 87.5 Å². The van der Waals surface area contributed by atoms with Crippen LogP contribution in [-0.2, 0) is 23.2 Å². The minimum atomic E-state index is -3.59. The molecule has 0 bridgehead atoms. The lowest BCUT2D eigenvalue weighted by atomic mass is 10.1. The van der Waals surface area contributed by atoms with E-state index >= 15 is 0 Å². The van der Waals surface area contributed by atoms with Gasteiger partial charge in [0.05, 0.1) is 18.0 Å². The summed E-state index contributed by atoms with van der Waals surface area (Å²) in [5, 5.41) is 0. The second-order valence-electron chi connectivity index (χ2n) is 9.71. The Balaban J connectivity index is 1.29. The first kappa shape index (κ1) is 27.9. The average Bonchev–Trinajstić information content (AvgIpc) is 2.88. The Hall–Kier alpha value is -3.14. The van der Waals surface area contributed by atoms with Crippen molar-refractivity contribution in [2.24, 2.45) is 0 Å². The molecule has 38 heavy (non-hydrogen) atoms. The molecule has 0 spiro atoms. The predicted octanol–water partition coefficient (Wildman–Crippen LogP) is 4.52. The first-order chi connectivity index (χ1) is 18.2. The molecule has 0 N–H and O–H groups in total. The van der Waals surface area contributed by atoms with E-state index in [0.29, 0.717) is 50.8 Å². The van der Waals surface area contributed by atoms with Gasteiger partial charge in [-0.25, -0.2) is 8.42 Å². The monoisotopic (exact) mass is 540 g/mol. The maximum absolute atomic E-state index is 13.1. The van der Waals surface area contributed by atoms with Gasteiger partial charge in [-0.1, -0.05) is 42.7 Å². The Labute approximate surface area is 224 Å². The molecule has 0 amide bonds. The van der Waals surface area contributed by atoms with E-state index in [1.165, 1.54) is 16.6 Å². The molecule has 204 valence electrons.